The van der Waals surface area contributed by atoms with Gasteiger partial charge < -0.3 is 16.2 Å². The standard InChI is InChI=1S/C11H15FN2O2/c1-7(11(14)15)16-10-3-2-9(12)6-8(10)4-5-13/h2-3,6-7H,4-5,13H2,1H3,(H2,14,15). The van der Waals surface area contributed by atoms with Gasteiger partial charge in [-0.3, -0.25) is 4.79 Å². The van der Waals surface area contributed by atoms with Crippen LogP contribution in [0.4, 0.5) is 4.39 Å². The van der Waals surface area contributed by atoms with Gasteiger partial charge in [0.25, 0.3) is 5.91 Å². The monoisotopic (exact) mass is 226 g/mol. The number of hydrogen-bond acceptors (Lipinski definition) is 3. The summed E-state index contributed by atoms with van der Waals surface area (Å²) < 4.78 is 18.3. The van der Waals surface area contributed by atoms with E-state index in [1.54, 1.807) is 0 Å². The maximum atomic E-state index is 13.0. The van der Waals surface area contributed by atoms with E-state index in [9.17, 15) is 9.18 Å². The molecular weight excluding hydrogens is 211 g/mol. The lowest BCUT2D eigenvalue weighted by atomic mass is 10.1. The Labute approximate surface area is 93.4 Å². The molecule has 1 amide bonds. The number of ether oxygens (including phenoxy) is 1. The molecule has 0 fully saturated rings. The maximum absolute atomic E-state index is 13.0. The van der Waals surface area contributed by atoms with Crippen LogP contribution in [0.25, 0.3) is 0 Å². The normalized spacial score (nSPS) is 12.2. The number of hydrogen-bond donors (Lipinski definition) is 2. The molecule has 0 aliphatic heterocycles. The Hall–Kier alpha value is -1.62. The molecule has 5 heteroatoms. The van der Waals surface area contributed by atoms with E-state index in [2.05, 4.69) is 0 Å². The molecule has 0 radical (unpaired) electrons. The van der Waals surface area contributed by atoms with Crippen LogP contribution in [0.2, 0.25) is 0 Å². The van der Waals surface area contributed by atoms with E-state index < -0.39 is 12.0 Å². The predicted molar refractivity (Wildman–Crippen MR) is 58.4 cm³/mol. The van der Waals surface area contributed by atoms with Crippen LogP contribution in [-0.2, 0) is 11.2 Å². The van der Waals surface area contributed by atoms with Gasteiger partial charge in [0.1, 0.15) is 11.6 Å². The molecule has 0 saturated carbocycles. The number of rotatable bonds is 5. The van der Waals surface area contributed by atoms with Crippen molar-refractivity contribution >= 4 is 5.91 Å². The topological polar surface area (TPSA) is 78.3 Å². The molecule has 4 N–H and O–H groups in total. The first-order valence-electron chi connectivity index (χ1n) is 4.99. The van der Waals surface area contributed by atoms with Crippen molar-refractivity contribution in [3.05, 3.63) is 29.6 Å². The lowest BCUT2D eigenvalue weighted by Crippen LogP contribution is -2.31. The third kappa shape index (κ3) is 3.20. The zero-order valence-electron chi connectivity index (χ0n) is 9.07. The van der Waals surface area contributed by atoms with E-state index in [0.717, 1.165) is 0 Å². The average Bonchev–Trinajstić information content (AvgIpc) is 2.22. The minimum Gasteiger partial charge on any atom is -0.481 e. The Bertz CT molecular complexity index is 382. The highest BCUT2D eigenvalue weighted by molar-refractivity contribution is 5.78. The first kappa shape index (κ1) is 12.4. The Morgan fingerprint density at radius 3 is 2.81 bits per heavy atom. The fraction of sp³-hybridized carbons (Fsp3) is 0.364. The lowest BCUT2D eigenvalue weighted by molar-refractivity contribution is -0.123. The summed E-state index contributed by atoms with van der Waals surface area (Å²) in [4.78, 5) is 10.8. The molecule has 0 saturated heterocycles. The molecule has 0 spiro atoms. The first-order valence-corrected chi connectivity index (χ1v) is 4.99. The number of halogens is 1. The second kappa shape index (κ2) is 5.46. The largest absolute Gasteiger partial charge is 0.481 e. The number of carbonyl (C=O) groups is 1. The van der Waals surface area contributed by atoms with Crippen LogP contribution < -0.4 is 16.2 Å². The van der Waals surface area contributed by atoms with E-state index in [1.807, 2.05) is 0 Å². The van der Waals surface area contributed by atoms with Gasteiger partial charge in [-0.2, -0.15) is 0 Å². The van der Waals surface area contributed by atoms with Crippen LogP contribution in [0.5, 0.6) is 5.75 Å². The molecule has 0 heterocycles. The van der Waals surface area contributed by atoms with E-state index in [1.165, 1.54) is 25.1 Å². The molecular formula is C11H15FN2O2. The maximum Gasteiger partial charge on any atom is 0.258 e. The number of carbonyl (C=O) groups excluding carboxylic acids is 1. The highest BCUT2D eigenvalue weighted by atomic mass is 19.1. The van der Waals surface area contributed by atoms with E-state index >= 15 is 0 Å². The number of primary amides is 1. The lowest BCUT2D eigenvalue weighted by Gasteiger charge is -2.14. The smallest absolute Gasteiger partial charge is 0.258 e. The SMILES string of the molecule is CC(Oc1ccc(F)cc1CCN)C(N)=O. The van der Waals surface area contributed by atoms with Crippen LogP contribution >= 0.6 is 0 Å². The summed E-state index contributed by atoms with van der Waals surface area (Å²) in [6.45, 7) is 1.92. The predicted octanol–water partition coefficient (Wildman–Crippen LogP) is 0.580. The van der Waals surface area contributed by atoms with Crippen LogP contribution in [0, 0.1) is 5.82 Å². The fourth-order valence-corrected chi connectivity index (χ4v) is 1.26. The van der Waals surface area contributed by atoms with Crippen LogP contribution in [0.1, 0.15) is 12.5 Å². The van der Waals surface area contributed by atoms with Crippen molar-refractivity contribution in [2.45, 2.75) is 19.4 Å². The van der Waals surface area contributed by atoms with Gasteiger partial charge in [-0.15, -0.1) is 0 Å². The van der Waals surface area contributed by atoms with E-state index in [0.29, 0.717) is 24.3 Å². The molecule has 88 valence electrons. The van der Waals surface area contributed by atoms with Gasteiger partial charge in [-0.05, 0) is 43.7 Å². The summed E-state index contributed by atoms with van der Waals surface area (Å²) in [5.41, 5.74) is 11.1. The minimum absolute atomic E-state index is 0.359. The van der Waals surface area contributed by atoms with Gasteiger partial charge in [0.05, 0.1) is 0 Å². The molecule has 0 aliphatic carbocycles. The summed E-state index contributed by atoms with van der Waals surface area (Å²) >= 11 is 0. The zero-order valence-corrected chi connectivity index (χ0v) is 9.07. The van der Waals surface area contributed by atoms with Gasteiger partial charge in [0, 0.05) is 0 Å². The molecule has 0 aromatic heterocycles. The Morgan fingerprint density at radius 2 is 2.25 bits per heavy atom. The Morgan fingerprint density at radius 1 is 1.56 bits per heavy atom. The number of nitrogens with two attached hydrogens (primary N) is 2. The van der Waals surface area contributed by atoms with Gasteiger partial charge >= 0.3 is 0 Å². The van der Waals surface area contributed by atoms with Crippen molar-refractivity contribution in [1.82, 2.24) is 0 Å². The second-order valence-electron chi connectivity index (χ2n) is 3.45. The Balaban J connectivity index is 2.89. The molecule has 1 rings (SSSR count). The van der Waals surface area contributed by atoms with E-state index in [4.69, 9.17) is 16.2 Å². The quantitative estimate of drug-likeness (QED) is 0.770. The summed E-state index contributed by atoms with van der Waals surface area (Å²) in [6, 6.07) is 4.08. The van der Waals surface area contributed by atoms with Crippen molar-refractivity contribution in [3.8, 4) is 5.75 Å². The highest BCUT2D eigenvalue weighted by Crippen LogP contribution is 2.21. The third-order valence-corrected chi connectivity index (χ3v) is 2.14. The summed E-state index contributed by atoms with van der Waals surface area (Å²) in [6.07, 6.45) is -0.263. The van der Waals surface area contributed by atoms with Gasteiger partial charge in [0.15, 0.2) is 6.10 Å². The summed E-state index contributed by atoms with van der Waals surface area (Å²) in [5, 5.41) is 0. The average molecular weight is 226 g/mol. The van der Waals surface area contributed by atoms with Crippen molar-refractivity contribution in [3.63, 3.8) is 0 Å². The second-order valence-corrected chi connectivity index (χ2v) is 3.45. The first-order chi connectivity index (χ1) is 7.54. The van der Waals surface area contributed by atoms with Crippen LogP contribution in [0.3, 0.4) is 0 Å². The Kier molecular flexibility index (Phi) is 4.25. The van der Waals surface area contributed by atoms with Crippen molar-refractivity contribution in [2.24, 2.45) is 11.5 Å². The molecule has 1 atom stereocenters. The zero-order chi connectivity index (χ0) is 12.1. The molecule has 4 nitrogen and oxygen atoms in total. The molecule has 1 aromatic carbocycles. The molecule has 1 aromatic rings. The highest BCUT2D eigenvalue weighted by Gasteiger charge is 2.13. The van der Waals surface area contributed by atoms with Gasteiger partial charge in [-0.25, -0.2) is 4.39 Å². The molecule has 16 heavy (non-hydrogen) atoms. The molecule has 0 aliphatic rings. The minimum atomic E-state index is -0.748. The van der Waals surface area contributed by atoms with E-state index in [-0.39, 0.29) is 5.82 Å². The van der Waals surface area contributed by atoms with Crippen LogP contribution in [0.15, 0.2) is 18.2 Å². The number of benzene rings is 1. The number of amides is 1. The third-order valence-electron chi connectivity index (χ3n) is 2.14. The summed E-state index contributed by atoms with van der Waals surface area (Å²) in [5.74, 6) is -0.483. The van der Waals surface area contributed by atoms with Crippen LogP contribution in [-0.4, -0.2) is 18.6 Å². The molecule has 1 unspecified atom stereocenters. The van der Waals surface area contributed by atoms with Crippen molar-refractivity contribution in [2.75, 3.05) is 6.54 Å². The van der Waals surface area contributed by atoms with Gasteiger partial charge in [-0.1, -0.05) is 0 Å². The van der Waals surface area contributed by atoms with Crippen molar-refractivity contribution in [1.29, 1.82) is 0 Å². The summed E-state index contributed by atoms with van der Waals surface area (Å²) in [7, 11) is 0. The fourth-order valence-electron chi connectivity index (χ4n) is 1.26. The van der Waals surface area contributed by atoms with Crippen molar-refractivity contribution < 1.29 is 13.9 Å². The molecule has 0 bridgehead atoms. The van der Waals surface area contributed by atoms with Gasteiger partial charge in [0.2, 0.25) is 0 Å².